The number of amides is 2. The zero-order chi connectivity index (χ0) is 39.9. The van der Waals surface area contributed by atoms with Gasteiger partial charge in [0.1, 0.15) is 36.0 Å². The lowest BCUT2D eigenvalue weighted by molar-refractivity contribution is -0.139. The summed E-state index contributed by atoms with van der Waals surface area (Å²) in [5, 5.41) is 54.2. The summed E-state index contributed by atoms with van der Waals surface area (Å²) in [6, 6.07) is 11.1. The Hall–Kier alpha value is -5.59. The number of carboxylic acid groups (broad SMARTS) is 2. The summed E-state index contributed by atoms with van der Waals surface area (Å²) in [7, 11) is 0. The van der Waals surface area contributed by atoms with Gasteiger partial charge >= 0.3 is 11.9 Å². The molecular weight excluding hydrogens is 736 g/mol. The van der Waals surface area contributed by atoms with Crippen molar-refractivity contribution in [1.29, 1.82) is 0 Å². The van der Waals surface area contributed by atoms with E-state index < -0.39 is 59.5 Å². The fourth-order valence-corrected chi connectivity index (χ4v) is 6.94. The number of hydrogen-bond donors (Lipinski definition) is 7. The largest absolute Gasteiger partial charge is 0.507 e. The van der Waals surface area contributed by atoms with Gasteiger partial charge in [0, 0.05) is 78.3 Å². The number of aliphatic hydroxyl groups is 1. The lowest BCUT2D eigenvalue weighted by Gasteiger charge is -2.36. The fraction of sp³-hybridized carbons (Fsp3) is 0.378. The van der Waals surface area contributed by atoms with Gasteiger partial charge in [0.15, 0.2) is 5.82 Å². The fourth-order valence-electron chi connectivity index (χ4n) is 5.93. The number of carbonyl (C=O) groups excluding carboxylic acids is 2. The number of anilines is 2. The molecule has 0 radical (unpaired) electrons. The first kappa shape index (κ1) is 40.6. The summed E-state index contributed by atoms with van der Waals surface area (Å²) >= 11 is 0.927. The van der Waals surface area contributed by atoms with E-state index in [2.05, 4.69) is 35.6 Å². The lowest BCUT2D eigenvalue weighted by atomic mass is 10.0. The van der Waals surface area contributed by atoms with E-state index in [4.69, 9.17) is 15.9 Å². The Kier molecular flexibility index (Phi) is 13.1. The molecule has 2 atom stereocenters. The van der Waals surface area contributed by atoms with Crippen molar-refractivity contribution in [3.63, 3.8) is 0 Å². The average molecular weight is 779 g/mol. The number of carbonyl (C=O) groups is 4. The average Bonchev–Trinajstić information content (AvgIpc) is 3.15. The number of pyridine rings is 1. The van der Waals surface area contributed by atoms with Crippen molar-refractivity contribution in [2.75, 3.05) is 48.3 Å². The first-order chi connectivity index (χ1) is 26.1. The van der Waals surface area contributed by atoms with E-state index in [1.807, 2.05) is 36.4 Å². The Bertz CT molecular complexity index is 2040. The molecule has 0 aliphatic carbocycles. The van der Waals surface area contributed by atoms with E-state index in [9.17, 15) is 29.4 Å². The highest BCUT2D eigenvalue weighted by atomic mass is 32.2. The molecule has 1 aliphatic rings. The Morgan fingerprint density at radius 1 is 1.00 bits per heavy atom. The minimum absolute atomic E-state index is 0.0106. The van der Waals surface area contributed by atoms with E-state index in [0.717, 1.165) is 40.0 Å². The molecule has 55 heavy (non-hydrogen) atoms. The number of benzene rings is 2. The van der Waals surface area contributed by atoms with Crippen LogP contribution in [-0.4, -0.2) is 110 Å². The number of hydrogen-bond acceptors (Lipinski definition) is 13. The molecular formula is C37H43FN8O8S. The quantitative estimate of drug-likeness (QED) is 0.0805. The maximum absolute atomic E-state index is 15.3. The Labute approximate surface area is 319 Å². The number of fused-ring (bicyclic) bond motifs is 1. The van der Waals surface area contributed by atoms with E-state index in [1.54, 1.807) is 20.0 Å². The molecule has 0 spiro atoms. The number of nitrogens with zero attached hydrogens (tertiary/aromatic N) is 5. The van der Waals surface area contributed by atoms with Gasteiger partial charge in [-0.3, -0.25) is 19.2 Å². The highest BCUT2D eigenvalue weighted by Crippen LogP contribution is 2.34. The van der Waals surface area contributed by atoms with Crippen molar-refractivity contribution in [3.05, 3.63) is 77.4 Å². The van der Waals surface area contributed by atoms with Gasteiger partial charge in [-0.2, -0.15) is 5.10 Å². The third-order valence-electron chi connectivity index (χ3n) is 9.06. The van der Waals surface area contributed by atoms with Gasteiger partial charge in [-0.15, -0.1) is 16.9 Å². The van der Waals surface area contributed by atoms with Crippen molar-refractivity contribution in [2.45, 2.75) is 55.7 Å². The maximum Gasteiger partial charge on any atom is 0.322 e. The molecule has 2 amide bonds. The van der Waals surface area contributed by atoms with Crippen LogP contribution in [0.1, 0.15) is 43.5 Å². The molecule has 3 heterocycles. The monoisotopic (exact) mass is 778 g/mol. The molecule has 2 aromatic carbocycles. The predicted molar refractivity (Wildman–Crippen MR) is 202 cm³/mol. The Morgan fingerprint density at radius 2 is 1.69 bits per heavy atom. The second kappa shape index (κ2) is 17.7. The summed E-state index contributed by atoms with van der Waals surface area (Å²) in [4.78, 5) is 56.5. The molecule has 2 aromatic heterocycles. The SMILES string of the molecule is CC(C)(O)c1ccc(N2CCN(c3nnc(Cc4cc(SC[C@H](NC(=O)CC[C@H](N)C(=O)O)C(=O)NCC(=O)O)c(O)cc4F)c4ccccc34)CC2)nc1. The summed E-state index contributed by atoms with van der Waals surface area (Å²) in [6.07, 6.45) is 1.18. The summed E-state index contributed by atoms with van der Waals surface area (Å²) < 4.78 is 15.3. The van der Waals surface area contributed by atoms with Crippen molar-refractivity contribution in [3.8, 4) is 5.75 Å². The standard InChI is InChI=1S/C37H43FN8O8S/c1-37(2,54)22-7-9-31(40-18-22)45-11-13-46(14-12-45)34-24-6-4-3-5-23(24)27(43-44-34)15-21-16-30(29(47)17-25(21)38)55-20-28(35(51)41-19-33(49)50)42-32(48)10-8-26(39)36(52)53/h3-7,9,16-18,26,28,47,54H,8,10-15,19-20,39H2,1-2H3,(H,41,51)(H,42,48)(H,49,50)(H,52,53)/t26-,28-/m0/s1. The topological polar surface area (TPSA) is 244 Å². The molecule has 0 saturated carbocycles. The molecule has 0 unspecified atom stereocenters. The number of nitrogens with two attached hydrogens (primary N) is 1. The van der Waals surface area contributed by atoms with Gasteiger partial charge < -0.3 is 46.6 Å². The molecule has 1 fully saturated rings. The number of aliphatic carboxylic acids is 2. The molecule has 8 N–H and O–H groups in total. The number of carboxylic acids is 2. The van der Waals surface area contributed by atoms with Gasteiger partial charge in [-0.05, 0) is 38.0 Å². The number of aromatic nitrogens is 3. The molecule has 1 aliphatic heterocycles. The maximum atomic E-state index is 15.3. The highest BCUT2D eigenvalue weighted by Gasteiger charge is 2.26. The number of halogens is 1. The zero-order valence-electron chi connectivity index (χ0n) is 30.2. The first-order valence-electron chi connectivity index (χ1n) is 17.4. The van der Waals surface area contributed by atoms with Crippen LogP contribution in [0.3, 0.4) is 0 Å². The van der Waals surface area contributed by atoms with Crippen LogP contribution in [0.5, 0.6) is 5.75 Å². The summed E-state index contributed by atoms with van der Waals surface area (Å²) in [5.74, 6) is -3.92. The first-order valence-corrected chi connectivity index (χ1v) is 18.4. The minimum Gasteiger partial charge on any atom is -0.507 e. The lowest BCUT2D eigenvalue weighted by Crippen LogP contribution is -2.49. The number of rotatable bonds is 16. The van der Waals surface area contributed by atoms with Gasteiger partial charge in [-0.1, -0.05) is 30.3 Å². The Balaban J connectivity index is 1.30. The van der Waals surface area contributed by atoms with Crippen LogP contribution in [0, 0.1) is 5.82 Å². The number of aromatic hydroxyl groups is 1. The van der Waals surface area contributed by atoms with Crippen LogP contribution >= 0.6 is 11.8 Å². The van der Waals surface area contributed by atoms with E-state index in [-0.39, 0.29) is 35.5 Å². The van der Waals surface area contributed by atoms with Crippen molar-refractivity contribution < 1.29 is 44.0 Å². The van der Waals surface area contributed by atoms with Crippen LogP contribution in [0.4, 0.5) is 16.0 Å². The second-order valence-electron chi connectivity index (χ2n) is 13.6. The van der Waals surface area contributed by atoms with E-state index in [0.29, 0.717) is 37.7 Å². The van der Waals surface area contributed by atoms with Gasteiger partial charge in [0.2, 0.25) is 11.8 Å². The number of phenolic OH excluding ortho intramolecular Hbond substituents is 1. The number of piperazine rings is 1. The molecule has 1 saturated heterocycles. The van der Waals surface area contributed by atoms with Gasteiger partial charge in [0.25, 0.3) is 0 Å². The Morgan fingerprint density at radius 3 is 2.33 bits per heavy atom. The third kappa shape index (κ3) is 10.6. The predicted octanol–water partition coefficient (Wildman–Crippen LogP) is 1.98. The molecule has 0 bridgehead atoms. The summed E-state index contributed by atoms with van der Waals surface area (Å²) in [6.45, 7) is 5.35. The highest BCUT2D eigenvalue weighted by molar-refractivity contribution is 7.99. The van der Waals surface area contributed by atoms with Crippen LogP contribution < -0.4 is 26.2 Å². The van der Waals surface area contributed by atoms with E-state index in [1.165, 1.54) is 6.07 Å². The number of nitrogens with one attached hydrogen (secondary N) is 2. The third-order valence-corrected chi connectivity index (χ3v) is 10.2. The molecule has 292 valence electrons. The van der Waals surface area contributed by atoms with Gasteiger partial charge in [0.05, 0.1) is 11.3 Å². The zero-order valence-corrected chi connectivity index (χ0v) is 31.1. The minimum atomic E-state index is -1.31. The molecule has 5 rings (SSSR count). The second-order valence-corrected chi connectivity index (χ2v) is 14.6. The van der Waals surface area contributed by atoms with Crippen molar-refractivity contribution in [1.82, 2.24) is 25.8 Å². The van der Waals surface area contributed by atoms with Crippen LogP contribution in [0.2, 0.25) is 0 Å². The van der Waals surface area contributed by atoms with Crippen LogP contribution in [-0.2, 0) is 31.2 Å². The number of thioether (sulfide) groups is 1. The molecule has 4 aromatic rings. The van der Waals surface area contributed by atoms with Crippen LogP contribution in [0.25, 0.3) is 10.8 Å². The van der Waals surface area contributed by atoms with Crippen molar-refractivity contribution >= 4 is 57.9 Å². The van der Waals surface area contributed by atoms with Crippen molar-refractivity contribution in [2.24, 2.45) is 5.73 Å². The molecule has 16 nitrogen and oxygen atoms in total. The van der Waals surface area contributed by atoms with Gasteiger partial charge in [-0.25, -0.2) is 9.37 Å². The van der Waals surface area contributed by atoms with E-state index >= 15 is 4.39 Å². The molecule has 18 heteroatoms. The van der Waals surface area contributed by atoms with Crippen LogP contribution in [0.15, 0.2) is 59.6 Å². The smallest absolute Gasteiger partial charge is 0.322 e. The summed E-state index contributed by atoms with van der Waals surface area (Å²) in [5.41, 5.74) is 5.89. The normalized spacial score (nSPS) is 14.3. The number of phenols is 1.